The third kappa shape index (κ3) is 2.63. The van der Waals surface area contributed by atoms with E-state index in [-0.39, 0.29) is 17.7 Å². The smallest absolute Gasteiger partial charge is 0.255 e. The number of carbonyl (C=O) groups is 1. The summed E-state index contributed by atoms with van der Waals surface area (Å²) < 4.78 is 21.2. The lowest BCUT2D eigenvalue weighted by Gasteiger charge is -2.26. The number of nitrogens with zero attached hydrogens (tertiary/aromatic N) is 2. The first-order valence-corrected chi connectivity index (χ1v) is 8.22. The minimum atomic E-state index is -0.404. The number of fused-ring (bicyclic) bond motifs is 2. The quantitative estimate of drug-likeness (QED) is 0.779. The van der Waals surface area contributed by atoms with E-state index in [9.17, 15) is 9.18 Å². The van der Waals surface area contributed by atoms with E-state index < -0.39 is 5.82 Å². The van der Waals surface area contributed by atoms with Crippen molar-refractivity contribution in [2.24, 2.45) is 0 Å². The molecule has 0 radical (unpaired) electrons. The molecule has 1 aliphatic rings. The molecule has 1 aromatic carbocycles. The van der Waals surface area contributed by atoms with Gasteiger partial charge in [-0.1, -0.05) is 12.1 Å². The Bertz CT molecular complexity index is 980. The standard InChI is InChI=1S/C19H18FN3O2/c1-11-10-12(2)23-8-6-14(18(23)21-11)19(24)22-16-7-9-25-17-13(16)4-3-5-15(17)20/h3-6,8,10,16H,7,9H2,1-2H3,(H,22,24). The van der Waals surface area contributed by atoms with Crippen LogP contribution in [-0.2, 0) is 0 Å². The molecule has 128 valence electrons. The Labute approximate surface area is 144 Å². The van der Waals surface area contributed by atoms with Crippen LogP contribution in [-0.4, -0.2) is 21.9 Å². The molecule has 4 rings (SSSR count). The van der Waals surface area contributed by atoms with Gasteiger partial charge in [0.2, 0.25) is 0 Å². The average Bonchev–Trinajstić information content (AvgIpc) is 3.00. The van der Waals surface area contributed by atoms with Crippen LogP contribution in [0.15, 0.2) is 36.5 Å². The van der Waals surface area contributed by atoms with Gasteiger partial charge in [0.1, 0.15) is 5.65 Å². The van der Waals surface area contributed by atoms with Crippen LogP contribution >= 0.6 is 0 Å². The molecular formula is C19H18FN3O2. The Hall–Kier alpha value is -2.89. The SMILES string of the molecule is Cc1cc(C)n2ccc(C(=O)NC3CCOc4c(F)cccc43)c2n1. The average molecular weight is 339 g/mol. The molecule has 0 spiro atoms. The fourth-order valence-corrected chi connectivity index (χ4v) is 3.34. The molecule has 0 saturated heterocycles. The lowest BCUT2D eigenvalue weighted by Crippen LogP contribution is -2.32. The molecule has 0 saturated carbocycles. The molecule has 0 bridgehead atoms. The molecule has 2 aromatic heterocycles. The zero-order valence-electron chi connectivity index (χ0n) is 14.0. The van der Waals surface area contributed by atoms with E-state index in [1.807, 2.05) is 30.5 Å². The van der Waals surface area contributed by atoms with Crippen molar-refractivity contribution in [1.82, 2.24) is 14.7 Å². The molecule has 1 aliphatic heterocycles. The summed E-state index contributed by atoms with van der Waals surface area (Å²) in [6.45, 7) is 4.24. The molecule has 0 fully saturated rings. The second-order valence-electron chi connectivity index (χ2n) is 6.28. The highest BCUT2D eigenvalue weighted by atomic mass is 19.1. The van der Waals surface area contributed by atoms with Gasteiger partial charge in [0.05, 0.1) is 18.2 Å². The Morgan fingerprint density at radius 3 is 3.04 bits per heavy atom. The van der Waals surface area contributed by atoms with Crippen LogP contribution in [0, 0.1) is 19.7 Å². The third-order valence-corrected chi connectivity index (χ3v) is 4.52. The molecule has 1 atom stereocenters. The third-order valence-electron chi connectivity index (χ3n) is 4.52. The Morgan fingerprint density at radius 1 is 1.36 bits per heavy atom. The molecule has 5 nitrogen and oxygen atoms in total. The summed E-state index contributed by atoms with van der Waals surface area (Å²) in [6, 6.07) is 8.21. The van der Waals surface area contributed by atoms with Crippen molar-refractivity contribution in [2.75, 3.05) is 6.61 Å². The summed E-state index contributed by atoms with van der Waals surface area (Å²) in [4.78, 5) is 17.3. The number of hydrogen-bond donors (Lipinski definition) is 1. The van der Waals surface area contributed by atoms with Gasteiger partial charge in [-0.25, -0.2) is 9.37 Å². The second-order valence-corrected chi connectivity index (χ2v) is 6.28. The summed E-state index contributed by atoms with van der Waals surface area (Å²) in [5.74, 6) is -0.397. The van der Waals surface area contributed by atoms with Crippen molar-refractivity contribution in [1.29, 1.82) is 0 Å². The molecule has 1 unspecified atom stereocenters. The maximum absolute atomic E-state index is 13.9. The number of para-hydroxylation sites is 1. The van der Waals surface area contributed by atoms with Gasteiger partial charge >= 0.3 is 0 Å². The van der Waals surface area contributed by atoms with E-state index in [0.717, 1.165) is 11.4 Å². The number of halogens is 1. The largest absolute Gasteiger partial charge is 0.490 e. The summed E-state index contributed by atoms with van der Waals surface area (Å²) in [5, 5.41) is 3.00. The van der Waals surface area contributed by atoms with Crippen LogP contribution in [0.1, 0.15) is 39.8 Å². The molecule has 25 heavy (non-hydrogen) atoms. The van der Waals surface area contributed by atoms with Crippen molar-refractivity contribution in [3.8, 4) is 5.75 Å². The number of rotatable bonds is 2. The Balaban J connectivity index is 1.67. The topological polar surface area (TPSA) is 55.6 Å². The summed E-state index contributed by atoms with van der Waals surface area (Å²) in [5.41, 5.74) is 3.68. The predicted molar refractivity (Wildman–Crippen MR) is 91.4 cm³/mol. The van der Waals surface area contributed by atoms with E-state index in [1.54, 1.807) is 18.2 Å². The predicted octanol–water partition coefficient (Wildman–Crippen LogP) is 3.34. The number of benzene rings is 1. The first-order valence-electron chi connectivity index (χ1n) is 8.22. The van der Waals surface area contributed by atoms with E-state index in [1.165, 1.54) is 6.07 Å². The molecule has 3 heterocycles. The molecule has 0 aliphatic carbocycles. The van der Waals surface area contributed by atoms with Gasteiger partial charge in [0, 0.05) is 29.6 Å². The van der Waals surface area contributed by atoms with E-state index in [0.29, 0.717) is 29.8 Å². The van der Waals surface area contributed by atoms with Crippen LogP contribution in [0.4, 0.5) is 4.39 Å². The summed E-state index contributed by atoms with van der Waals surface area (Å²) in [7, 11) is 0. The van der Waals surface area contributed by atoms with Gasteiger partial charge < -0.3 is 14.5 Å². The molecule has 1 N–H and O–H groups in total. The van der Waals surface area contributed by atoms with Crippen molar-refractivity contribution in [3.63, 3.8) is 0 Å². The van der Waals surface area contributed by atoms with Crippen molar-refractivity contribution >= 4 is 11.6 Å². The zero-order chi connectivity index (χ0) is 17.6. The van der Waals surface area contributed by atoms with Crippen molar-refractivity contribution in [3.05, 3.63) is 64.9 Å². The number of aryl methyl sites for hydroxylation is 2. The van der Waals surface area contributed by atoms with E-state index >= 15 is 0 Å². The Kier molecular flexibility index (Phi) is 3.67. The zero-order valence-corrected chi connectivity index (χ0v) is 14.0. The van der Waals surface area contributed by atoms with Gasteiger partial charge in [-0.05, 0) is 32.0 Å². The van der Waals surface area contributed by atoms with Crippen molar-refractivity contribution < 1.29 is 13.9 Å². The van der Waals surface area contributed by atoms with Crippen LogP contribution in [0.5, 0.6) is 5.75 Å². The van der Waals surface area contributed by atoms with Crippen LogP contribution in [0.25, 0.3) is 5.65 Å². The number of aromatic nitrogens is 2. The fourth-order valence-electron chi connectivity index (χ4n) is 3.34. The highest BCUT2D eigenvalue weighted by Gasteiger charge is 2.26. The maximum Gasteiger partial charge on any atom is 0.255 e. The highest BCUT2D eigenvalue weighted by Crippen LogP contribution is 2.34. The molecule has 6 heteroatoms. The highest BCUT2D eigenvalue weighted by molar-refractivity contribution is 6.00. The first kappa shape index (κ1) is 15.6. The number of nitrogens with one attached hydrogen (secondary N) is 1. The number of hydrogen-bond acceptors (Lipinski definition) is 3. The van der Waals surface area contributed by atoms with Gasteiger partial charge in [-0.15, -0.1) is 0 Å². The van der Waals surface area contributed by atoms with Crippen LogP contribution < -0.4 is 10.1 Å². The molecular weight excluding hydrogens is 321 g/mol. The number of carbonyl (C=O) groups excluding carboxylic acids is 1. The van der Waals surface area contributed by atoms with Gasteiger partial charge in [-0.3, -0.25) is 4.79 Å². The molecule has 3 aromatic rings. The second kappa shape index (κ2) is 5.88. The summed E-state index contributed by atoms with van der Waals surface area (Å²) in [6.07, 6.45) is 2.43. The van der Waals surface area contributed by atoms with E-state index in [2.05, 4.69) is 10.3 Å². The van der Waals surface area contributed by atoms with Gasteiger partial charge in [-0.2, -0.15) is 0 Å². The lowest BCUT2D eigenvalue weighted by atomic mass is 10.00. The minimum Gasteiger partial charge on any atom is -0.490 e. The first-order chi connectivity index (χ1) is 12.0. The number of ether oxygens (including phenoxy) is 1. The molecule has 1 amide bonds. The van der Waals surface area contributed by atoms with Crippen molar-refractivity contribution in [2.45, 2.75) is 26.3 Å². The minimum absolute atomic E-state index is 0.220. The Morgan fingerprint density at radius 2 is 2.20 bits per heavy atom. The number of amides is 1. The lowest BCUT2D eigenvalue weighted by molar-refractivity contribution is 0.0925. The van der Waals surface area contributed by atoms with Crippen LogP contribution in [0.2, 0.25) is 0 Å². The maximum atomic E-state index is 13.9. The van der Waals surface area contributed by atoms with Gasteiger partial charge in [0.15, 0.2) is 11.6 Å². The monoisotopic (exact) mass is 339 g/mol. The summed E-state index contributed by atoms with van der Waals surface area (Å²) >= 11 is 0. The van der Waals surface area contributed by atoms with Crippen LogP contribution in [0.3, 0.4) is 0 Å². The fraction of sp³-hybridized carbons (Fsp3) is 0.263. The normalized spacial score (nSPS) is 16.4. The van der Waals surface area contributed by atoms with Gasteiger partial charge in [0.25, 0.3) is 5.91 Å². The van der Waals surface area contributed by atoms with E-state index in [4.69, 9.17) is 4.74 Å².